The largest absolute Gasteiger partial charge is 0.316 e. The first-order valence-electron chi connectivity index (χ1n) is 6.53. The van der Waals surface area contributed by atoms with Crippen LogP contribution >= 0.6 is 12.4 Å². The van der Waals surface area contributed by atoms with Crippen LogP contribution in [0, 0.1) is 11.3 Å². The van der Waals surface area contributed by atoms with Gasteiger partial charge in [-0.3, -0.25) is 0 Å². The molecule has 3 heteroatoms. The molecular weight excluding hydrogens is 220 g/mol. The molecule has 1 saturated heterocycles. The number of hydrogen-bond donors (Lipinski definition) is 1. The molecule has 1 aliphatic carbocycles. The first-order chi connectivity index (χ1) is 7.12. The average molecular weight is 247 g/mol. The zero-order chi connectivity index (χ0) is 10.9. The Labute approximate surface area is 107 Å². The van der Waals surface area contributed by atoms with E-state index < -0.39 is 0 Å². The summed E-state index contributed by atoms with van der Waals surface area (Å²) >= 11 is 0. The topological polar surface area (TPSA) is 15.3 Å². The summed E-state index contributed by atoms with van der Waals surface area (Å²) in [6.07, 6.45) is 5.65. The standard InChI is InChI=1S/C13H26N2.ClH/c1-11(13(2)6-7-13)15(3)10-12-5-4-8-14-9-12;/h11-12,14H,4-10H2,1-3H3;1H. The molecule has 1 saturated carbocycles. The van der Waals surface area contributed by atoms with Crippen molar-refractivity contribution < 1.29 is 0 Å². The van der Waals surface area contributed by atoms with Gasteiger partial charge in [0.15, 0.2) is 0 Å². The quantitative estimate of drug-likeness (QED) is 0.820. The predicted octanol–water partition coefficient (Wildman–Crippen LogP) is 2.53. The average Bonchev–Trinajstić information content (AvgIpc) is 2.98. The number of nitrogens with zero attached hydrogens (tertiary/aromatic N) is 1. The van der Waals surface area contributed by atoms with Crippen LogP contribution in [0.5, 0.6) is 0 Å². The van der Waals surface area contributed by atoms with Crippen molar-refractivity contribution in [2.45, 2.75) is 45.6 Å². The normalized spacial score (nSPS) is 29.6. The lowest BCUT2D eigenvalue weighted by atomic mass is 9.95. The van der Waals surface area contributed by atoms with Gasteiger partial charge in [0, 0.05) is 12.6 Å². The third-order valence-electron chi connectivity index (χ3n) is 4.65. The van der Waals surface area contributed by atoms with Crippen LogP contribution in [-0.4, -0.2) is 37.6 Å². The second-order valence-corrected chi connectivity index (χ2v) is 5.98. The molecule has 16 heavy (non-hydrogen) atoms. The Hall–Kier alpha value is 0.210. The molecule has 0 radical (unpaired) electrons. The molecule has 2 nitrogen and oxygen atoms in total. The number of rotatable bonds is 4. The van der Waals surface area contributed by atoms with E-state index in [0.29, 0.717) is 5.41 Å². The molecule has 96 valence electrons. The van der Waals surface area contributed by atoms with Crippen LogP contribution in [0.15, 0.2) is 0 Å². The SMILES string of the molecule is CC(N(C)CC1CCCNC1)C1(C)CC1.Cl. The number of nitrogens with one attached hydrogen (secondary N) is 1. The Morgan fingerprint density at radius 2 is 2.12 bits per heavy atom. The van der Waals surface area contributed by atoms with E-state index in [-0.39, 0.29) is 12.4 Å². The molecule has 0 spiro atoms. The third-order valence-corrected chi connectivity index (χ3v) is 4.65. The maximum absolute atomic E-state index is 3.51. The van der Waals surface area contributed by atoms with Crippen LogP contribution in [0.2, 0.25) is 0 Å². The summed E-state index contributed by atoms with van der Waals surface area (Å²) in [7, 11) is 2.31. The van der Waals surface area contributed by atoms with Gasteiger partial charge in [-0.25, -0.2) is 0 Å². The minimum atomic E-state index is 0. The Morgan fingerprint density at radius 1 is 1.44 bits per heavy atom. The molecule has 1 aliphatic heterocycles. The van der Waals surface area contributed by atoms with Crippen LogP contribution in [0.4, 0.5) is 0 Å². The molecule has 2 rings (SSSR count). The van der Waals surface area contributed by atoms with Gasteiger partial charge in [0.2, 0.25) is 0 Å². The van der Waals surface area contributed by atoms with Gasteiger partial charge in [-0.2, -0.15) is 0 Å². The highest BCUT2D eigenvalue weighted by Gasteiger charge is 2.44. The highest BCUT2D eigenvalue weighted by atomic mass is 35.5. The molecule has 2 aliphatic rings. The van der Waals surface area contributed by atoms with Crippen molar-refractivity contribution in [3.8, 4) is 0 Å². The third kappa shape index (κ3) is 3.35. The fourth-order valence-electron chi connectivity index (χ4n) is 2.79. The maximum Gasteiger partial charge on any atom is 0.0118 e. The van der Waals surface area contributed by atoms with Crippen molar-refractivity contribution in [3.05, 3.63) is 0 Å². The van der Waals surface area contributed by atoms with Gasteiger partial charge in [-0.05, 0) is 64.1 Å². The van der Waals surface area contributed by atoms with E-state index in [2.05, 4.69) is 31.1 Å². The Kier molecular flexibility index (Phi) is 5.09. The molecule has 0 aromatic heterocycles. The monoisotopic (exact) mass is 246 g/mol. The lowest BCUT2D eigenvalue weighted by molar-refractivity contribution is 0.149. The minimum absolute atomic E-state index is 0. The Balaban J connectivity index is 0.00000128. The van der Waals surface area contributed by atoms with Crippen molar-refractivity contribution in [2.24, 2.45) is 11.3 Å². The van der Waals surface area contributed by atoms with E-state index >= 15 is 0 Å². The summed E-state index contributed by atoms with van der Waals surface area (Å²) in [5.41, 5.74) is 0.636. The summed E-state index contributed by atoms with van der Waals surface area (Å²) in [6.45, 7) is 8.58. The summed E-state index contributed by atoms with van der Waals surface area (Å²) in [5, 5.41) is 3.51. The van der Waals surface area contributed by atoms with Crippen molar-refractivity contribution in [3.63, 3.8) is 0 Å². The molecule has 2 fully saturated rings. The van der Waals surface area contributed by atoms with Crippen LogP contribution in [0.3, 0.4) is 0 Å². The molecule has 1 N–H and O–H groups in total. The van der Waals surface area contributed by atoms with Crippen LogP contribution in [0.1, 0.15) is 39.5 Å². The van der Waals surface area contributed by atoms with Gasteiger partial charge >= 0.3 is 0 Å². The maximum atomic E-state index is 3.51. The van der Waals surface area contributed by atoms with Crippen molar-refractivity contribution in [1.82, 2.24) is 10.2 Å². The molecule has 2 unspecified atom stereocenters. The minimum Gasteiger partial charge on any atom is -0.316 e. The van der Waals surface area contributed by atoms with Gasteiger partial charge in [-0.15, -0.1) is 12.4 Å². The fourth-order valence-corrected chi connectivity index (χ4v) is 2.79. The van der Waals surface area contributed by atoms with E-state index in [1.54, 1.807) is 0 Å². The van der Waals surface area contributed by atoms with Gasteiger partial charge in [0.25, 0.3) is 0 Å². The number of hydrogen-bond acceptors (Lipinski definition) is 2. The molecule has 2 atom stereocenters. The molecular formula is C13H27ClN2. The highest BCUT2D eigenvalue weighted by Crippen LogP contribution is 2.49. The molecule has 0 bridgehead atoms. The van der Waals surface area contributed by atoms with Gasteiger partial charge in [-0.1, -0.05) is 6.92 Å². The van der Waals surface area contributed by atoms with Crippen LogP contribution < -0.4 is 5.32 Å². The summed E-state index contributed by atoms with van der Waals surface area (Å²) in [6, 6.07) is 0.763. The van der Waals surface area contributed by atoms with Crippen LogP contribution in [-0.2, 0) is 0 Å². The summed E-state index contributed by atoms with van der Waals surface area (Å²) in [4.78, 5) is 2.59. The zero-order valence-corrected chi connectivity index (χ0v) is 11.8. The Morgan fingerprint density at radius 3 is 2.62 bits per heavy atom. The lowest BCUT2D eigenvalue weighted by Gasteiger charge is -2.34. The molecule has 0 aromatic rings. The van der Waals surface area contributed by atoms with E-state index in [9.17, 15) is 0 Å². The zero-order valence-electron chi connectivity index (χ0n) is 11.0. The summed E-state index contributed by atoms with van der Waals surface area (Å²) < 4.78 is 0. The van der Waals surface area contributed by atoms with E-state index in [0.717, 1.165) is 12.0 Å². The van der Waals surface area contributed by atoms with E-state index in [4.69, 9.17) is 0 Å². The first-order valence-corrected chi connectivity index (χ1v) is 6.53. The molecule has 0 amide bonds. The summed E-state index contributed by atoms with van der Waals surface area (Å²) in [5.74, 6) is 0.883. The number of halogens is 1. The second-order valence-electron chi connectivity index (χ2n) is 5.98. The molecule has 1 heterocycles. The predicted molar refractivity (Wildman–Crippen MR) is 72.3 cm³/mol. The van der Waals surface area contributed by atoms with E-state index in [1.807, 2.05) is 0 Å². The van der Waals surface area contributed by atoms with Crippen molar-refractivity contribution in [1.29, 1.82) is 0 Å². The van der Waals surface area contributed by atoms with Crippen molar-refractivity contribution in [2.75, 3.05) is 26.7 Å². The van der Waals surface area contributed by atoms with Gasteiger partial charge < -0.3 is 10.2 Å². The van der Waals surface area contributed by atoms with Gasteiger partial charge in [0.05, 0.1) is 0 Å². The molecule has 0 aromatic carbocycles. The van der Waals surface area contributed by atoms with Crippen LogP contribution in [0.25, 0.3) is 0 Å². The Bertz CT molecular complexity index is 210. The highest BCUT2D eigenvalue weighted by molar-refractivity contribution is 5.85. The fraction of sp³-hybridized carbons (Fsp3) is 1.00. The first kappa shape index (κ1) is 14.3. The smallest absolute Gasteiger partial charge is 0.0118 e. The van der Waals surface area contributed by atoms with E-state index in [1.165, 1.54) is 45.3 Å². The van der Waals surface area contributed by atoms with Gasteiger partial charge in [0.1, 0.15) is 0 Å². The lowest BCUT2D eigenvalue weighted by Crippen LogP contribution is -2.42. The van der Waals surface area contributed by atoms with Crippen molar-refractivity contribution >= 4 is 12.4 Å². The second kappa shape index (κ2) is 5.70. The number of piperidine rings is 1.